The number of aliphatic hydroxyl groups excluding tert-OH is 1. The second-order valence-corrected chi connectivity index (χ2v) is 6.16. The zero-order valence-electron chi connectivity index (χ0n) is 13.6. The third-order valence-electron chi connectivity index (χ3n) is 4.54. The third kappa shape index (κ3) is 5.11. The van der Waals surface area contributed by atoms with Crippen LogP contribution < -0.4 is 5.32 Å². The van der Waals surface area contributed by atoms with Crippen LogP contribution in [-0.4, -0.2) is 48.2 Å². The van der Waals surface area contributed by atoms with Crippen LogP contribution in [0.4, 0.5) is 0 Å². The molecule has 0 aromatic heterocycles. The van der Waals surface area contributed by atoms with Gasteiger partial charge in [0.05, 0.1) is 6.54 Å². The van der Waals surface area contributed by atoms with Gasteiger partial charge < -0.3 is 10.4 Å². The molecule has 1 aliphatic heterocycles. The summed E-state index contributed by atoms with van der Waals surface area (Å²) in [6.45, 7) is 4.41. The molecular weight excluding hydrogens is 276 g/mol. The van der Waals surface area contributed by atoms with E-state index in [2.05, 4.69) is 29.3 Å². The van der Waals surface area contributed by atoms with E-state index in [-0.39, 0.29) is 12.5 Å². The SMILES string of the molecule is Cc1ccccc1CCNC(=O)CN1CCCCC1CCO. The molecule has 1 aromatic carbocycles. The lowest BCUT2D eigenvalue weighted by atomic mass is 9.99. The highest BCUT2D eigenvalue weighted by atomic mass is 16.3. The number of likely N-dealkylation sites (tertiary alicyclic amines) is 1. The van der Waals surface area contributed by atoms with Crippen LogP contribution in [-0.2, 0) is 11.2 Å². The molecule has 0 saturated carbocycles. The van der Waals surface area contributed by atoms with Gasteiger partial charge in [-0.15, -0.1) is 0 Å². The van der Waals surface area contributed by atoms with Gasteiger partial charge in [-0.25, -0.2) is 0 Å². The summed E-state index contributed by atoms with van der Waals surface area (Å²) in [5, 5.41) is 12.2. The summed E-state index contributed by atoms with van der Waals surface area (Å²) in [5.74, 6) is 0.0958. The fourth-order valence-corrected chi connectivity index (χ4v) is 3.21. The summed E-state index contributed by atoms with van der Waals surface area (Å²) in [4.78, 5) is 14.3. The molecular formula is C18H28N2O2. The van der Waals surface area contributed by atoms with Crippen molar-refractivity contribution in [2.45, 2.75) is 45.1 Å². The molecule has 1 amide bonds. The first-order chi connectivity index (χ1) is 10.7. The van der Waals surface area contributed by atoms with Gasteiger partial charge in [0, 0.05) is 19.2 Å². The van der Waals surface area contributed by atoms with E-state index in [0.717, 1.165) is 32.2 Å². The number of piperidine rings is 1. The van der Waals surface area contributed by atoms with Gasteiger partial charge in [-0.3, -0.25) is 9.69 Å². The maximum atomic E-state index is 12.1. The maximum absolute atomic E-state index is 12.1. The quantitative estimate of drug-likeness (QED) is 0.809. The molecule has 1 saturated heterocycles. The molecule has 2 N–H and O–H groups in total. The van der Waals surface area contributed by atoms with Crippen molar-refractivity contribution in [1.29, 1.82) is 0 Å². The first-order valence-corrected chi connectivity index (χ1v) is 8.37. The van der Waals surface area contributed by atoms with E-state index in [1.807, 2.05) is 12.1 Å². The number of nitrogens with one attached hydrogen (secondary N) is 1. The molecule has 1 atom stereocenters. The van der Waals surface area contributed by atoms with Crippen LogP contribution in [0.5, 0.6) is 0 Å². The van der Waals surface area contributed by atoms with Crippen LogP contribution in [0.1, 0.15) is 36.8 Å². The van der Waals surface area contributed by atoms with Crippen molar-refractivity contribution in [1.82, 2.24) is 10.2 Å². The molecule has 1 aromatic rings. The Balaban J connectivity index is 1.74. The summed E-state index contributed by atoms with van der Waals surface area (Å²) in [5.41, 5.74) is 2.56. The minimum atomic E-state index is 0.0958. The molecule has 122 valence electrons. The van der Waals surface area contributed by atoms with Gasteiger partial charge in [-0.05, 0) is 50.3 Å². The van der Waals surface area contributed by atoms with Crippen molar-refractivity contribution in [2.75, 3.05) is 26.2 Å². The van der Waals surface area contributed by atoms with Gasteiger partial charge in [0.25, 0.3) is 0 Å². The predicted molar refractivity (Wildman–Crippen MR) is 88.8 cm³/mol. The standard InChI is InChI=1S/C18H28N2O2/c1-15-6-2-3-7-16(15)9-11-19-18(22)14-20-12-5-4-8-17(20)10-13-21/h2-3,6-7,17,21H,4-5,8-14H2,1H3,(H,19,22). The van der Waals surface area contributed by atoms with Crippen molar-refractivity contribution in [3.63, 3.8) is 0 Å². The fourth-order valence-electron chi connectivity index (χ4n) is 3.21. The van der Waals surface area contributed by atoms with E-state index in [1.54, 1.807) is 0 Å². The average molecular weight is 304 g/mol. The number of rotatable bonds is 7. The van der Waals surface area contributed by atoms with E-state index in [1.165, 1.54) is 17.5 Å². The number of carbonyl (C=O) groups is 1. The summed E-state index contributed by atoms with van der Waals surface area (Å²) in [6, 6.07) is 8.65. The number of aryl methyl sites for hydroxylation is 1. The number of hydrogen-bond acceptors (Lipinski definition) is 3. The average Bonchev–Trinajstić information content (AvgIpc) is 2.51. The lowest BCUT2D eigenvalue weighted by molar-refractivity contribution is -0.123. The van der Waals surface area contributed by atoms with Crippen molar-refractivity contribution in [2.24, 2.45) is 0 Å². The Bertz CT molecular complexity index is 474. The van der Waals surface area contributed by atoms with Crippen LogP contribution in [0.15, 0.2) is 24.3 Å². The van der Waals surface area contributed by atoms with Crippen LogP contribution >= 0.6 is 0 Å². The number of nitrogens with zero attached hydrogens (tertiary/aromatic N) is 1. The topological polar surface area (TPSA) is 52.6 Å². The van der Waals surface area contributed by atoms with Gasteiger partial charge in [0.2, 0.25) is 5.91 Å². The second-order valence-electron chi connectivity index (χ2n) is 6.16. The molecule has 0 radical (unpaired) electrons. The molecule has 4 nitrogen and oxygen atoms in total. The number of hydrogen-bond donors (Lipinski definition) is 2. The van der Waals surface area contributed by atoms with E-state index < -0.39 is 0 Å². The first-order valence-electron chi connectivity index (χ1n) is 8.37. The number of carbonyl (C=O) groups excluding carboxylic acids is 1. The molecule has 1 unspecified atom stereocenters. The summed E-state index contributed by atoms with van der Waals surface area (Å²) >= 11 is 0. The number of aliphatic hydroxyl groups is 1. The van der Waals surface area contributed by atoms with E-state index in [4.69, 9.17) is 5.11 Å². The largest absolute Gasteiger partial charge is 0.396 e. The molecule has 1 aliphatic rings. The van der Waals surface area contributed by atoms with Gasteiger partial charge in [-0.1, -0.05) is 30.7 Å². The Morgan fingerprint density at radius 2 is 2.18 bits per heavy atom. The highest BCUT2D eigenvalue weighted by molar-refractivity contribution is 5.78. The van der Waals surface area contributed by atoms with Gasteiger partial charge in [0.1, 0.15) is 0 Å². The number of benzene rings is 1. The molecule has 1 heterocycles. The highest BCUT2D eigenvalue weighted by Gasteiger charge is 2.23. The molecule has 0 bridgehead atoms. The Morgan fingerprint density at radius 3 is 2.95 bits per heavy atom. The van der Waals surface area contributed by atoms with Crippen LogP contribution in [0.3, 0.4) is 0 Å². The summed E-state index contributed by atoms with van der Waals surface area (Å²) in [6.07, 6.45) is 5.10. The van der Waals surface area contributed by atoms with E-state index >= 15 is 0 Å². The first kappa shape index (κ1) is 17.0. The zero-order valence-corrected chi connectivity index (χ0v) is 13.6. The van der Waals surface area contributed by atoms with Gasteiger partial charge in [0.15, 0.2) is 0 Å². The van der Waals surface area contributed by atoms with Crippen LogP contribution in [0, 0.1) is 6.92 Å². The van der Waals surface area contributed by atoms with Crippen LogP contribution in [0.2, 0.25) is 0 Å². The summed E-state index contributed by atoms with van der Waals surface area (Å²) in [7, 11) is 0. The Labute approximate surface area is 133 Å². The molecule has 0 aliphatic carbocycles. The zero-order chi connectivity index (χ0) is 15.8. The lowest BCUT2D eigenvalue weighted by Gasteiger charge is -2.34. The molecule has 4 heteroatoms. The maximum Gasteiger partial charge on any atom is 0.234 e. The van der Waals surface area contributed by atoms with Crippen molar-refractivity contribution in [3.05, 3.63) is 35.4 Å². The fraction of sp³-hybridized carbons (Fsp3) is 0.611. The smallest absolute Gasteiger partial charge is 0.234 e. The molecule has 22 heavy (non-hydrogen) atoms. The van der Waals surface area contributed by atoms with Gasteiger partial charge >= 0.3 is 0 Å². The number of amides is 1. The second kappa shape index (κ2) is 8.91. The minimum absolute atomic E-state index is 0.0958. The molecule has 2 rings (SSSR count). The Kier molecular flexibility index (Phi) is 6.87. The van der Waals surface area contributed by atoms with Crippen molar-refractivity contribution < 1.29 is 9.90 Å². The minimum Gasteiger partial charge on any atom is -0.396 e. The third-order valence-corrected chi connectivity index (χ3v) is 4.54. The Morgan fingerprint density at radius 1 is 1.36 bits per heavy atom. The van der Waals surface area contributed by atoms with Crippen molar-refractivity contribution >= 4 is 5.91 Å². The van der Waals surface area contributed by atoms with Gasteiger partial charge in [-0.2, -0.15) is 0 Å². The predicted octanol–water partition coefficient (Wildman–Crippen LogP) is 1.89. The Hall–Kier alpha value is -1.39. The van der Waals surface area contributed by atoms with E-state index in [0.29, 0.717) is 19.1 Å². The van der Waals surface area contributed by atoms with Crippen molar-refractivity contribution in [3.8, 4) is 0 Å². The van der Waals surface area contributed by atoms with E-state index in [9.17, 15) is 4.79 Å². The molecule has 0 spiro atoms. The monoisotopic (exact) mass is 304 g/mol. The normalized spacial score (nSPS) is 19.1. The molecule has 1 fully saturated rings. The summed E-state index contributed by atoms with van der Waals surface area (Å²) < 4.78 is 0. The van der Waals surface area contributed by atoms with Crippen LogP contribution in [0.25, 0.3) is 0 Å². The lowest BCUT2D eigenvalue weighted by Crippen LogP contribution is -2.46. The highest BCUT2D eigenvalue weighted by Crippen LogP contribution is 2.18.